The zero-order valence-electron chi connectivity index (χ0n) is 37.5. The Kier molecular flexibility index (Phi) is 13.9. The second-order valence-electron chi connectivity index (χ2n) is 17.0. The van der Waals surface area contributed by atoms with Crippen molar-refractivity contribution in [3.63, 3.8) is 0 Å². The Morgan fingerprint density at radius 1 is 0.955 bits per heavy atom. The third-order valence-electron chi connectivity index (χ3n) is 11.9. The Balaban J connectivity index is 0.733. The second kappa shape index (κ2) is 20.1. The van der Waals surface area contributed by atoms with E-state index < -0.39 is 35.3 Å². The van der Waals surface area contributed by atoms with Crippen LogP contribution in [0.1, 0.15) is 65.9 Å². The van der Waals surface area contributed by atoms with Gasteiger partial charge < -0.3 is 30.7 Å². The van der Waals surface area contributed by atoms with E-state index in [9.17, 15) is 33.9 Å². The van der Waals surface area contributed by atoms with Crippen LogP contribution in [0, 0.1) is 0 Å². The second-order valence-corrected chi connectivity index (χ2v) is 17.0. The summed E-state index contributed by atoms with van der Waals surface area (Å²) in [6.45, 7) is 12.8. The minimum atomic E-state index is -1.19. The van der Waals surface area contributed by atoms with Crippen LogP contribution in [-0.4, -0.2) is 134 Å². The maximum atomic E-state index is 13.4. The molecule has 3 aromatic heterocycles. The van der Waals surface area contributed by atoms with Crippen LogP contribution in [0.25, 0.3) is 16.9 Å². The number of carbonyl (C=O) groups excluding carboxylic acids is 5. The molecular weight excluding hydrogens is 861 g/mol. The topological polar surface area (TPSA) is 238 Å². The van der Waals surface area contributed by atoms with Gasteiger partial charge in [0, 0.05) is 75.4 Å². The third-order valence-corrected chi connectivity index (χ3v) is 11.9. The number of carbonyl (C=O) groups is 5. The number of pyridine rings is 1. The Hall–Kier alpha value is -7.29. The van der Waals surface area contributed by atoms with Crippen molar-refractivity contribution >= 4 is 63.6 Å². The summed E-state index contributed by atoms with van der Waals surface area (Å²) in [6, 6.07) is 17.1. The molecule has 5 amide bonds. The number of hydrogen-bond donors (Lipinski definition) is 5. The lowest BCUT2D eigenvalue weighted by Crippen LogP contribution is -2.54. The molecule has 5 N–H and O–H groups in total. The summed E-state index contributed by atoms with van der Waals surface area (Å²) in [5.74, 6) is -1.55. The van der Waals surface area contributed by atoms with E-state index >= 15 is 0 Å². The van der Waals surface area contributed by atoms with Crippen molar-refractivity contribution in [2.45, 2.75) is 57.7 Å². The quantitative estimate of drug-likeness (QED) is 0.0455. The van der Waals surface area contributed by atoms with E-state index in [4.69, 9.17) is 9.72 Å². The van der Waals surface area contributed by atoms with Crippen LogP contribution >= 0.6 is 0 Å². The summed E-state index contributed by atoms with van der Waals surface area (Å²) in [7, 11) is 0. The van der Waals surface area contributed by atoms with Crippen LogP contribution < -0.4 is 31.7 Å². The van der Waals surface area contributed by atoms with Gasteiger partial charge in [-0.1, -0.05) is 18.2 Å². The highest BCUT2D eigenvalue weighted by molar-refractivity contribution is 6.25. The van der Waals surface area contributed by atoms with Gasteiger partial charge in [0.05, 0.1) is 36.6 Å². The monoisotopic (exact) mass is 914 g/mol. The van der Waals surface area contributed by atoms with E-state index in [1.165, 1.54) is 10.9 Å². The molecule has 20 heteroatoms. The van der Waals surface area contributed by atoms with Gasteiger partial charge in [0.15, 0.2) is 11.5 Å². The van der Waals surface area contributed by atoms with Gasteiger partial charge >= 0.3 is 0 Å². The Morgan fingerprint density at radius 3 is 2.46 bits per heavy atom. The van der Waals surface area contributed by atoms with Crippen molar-refractivity contribution in [1.82, 2.24) is 44.7 Å². The molecule has 20 nitrogen and oxygen atoms in total. The lowest BCUT2D eigenvalue weighted by Gasteiger charge is -2.36. The normalized spacial score (nSPS) is 16.6. The number of nitrogens with one attached hydrogen (secondary N) is 4. The van der Waals surface area contributed by atoms with Crippen molar-refractivity contribution in [2.75, 3.05) is 74.6 Å². The zero-order chi connectivity index (χ0) is 47.2. The fourth-order valence-electron chi connectivity index (χ4n) is 8.44. The minimum Gasteiger partial charge on any atom is -0.384 e. The average molecular weight is 915 g/mol. The van der Waals surface area contributed by atoms with Gasteiger partial charge in [-0.15, -0.1) is 6.58 Å². The molecule has 6 heterocycles. The molecule has 2 aromatic carbocycles. The number of anilines is 4. The molecule has 0 radical (unpaired) electrons. The molecule has 8 rings (SSSR count). The van der Waals surface area contributed by atoms with Crippen LogP contribution in [0.3, 0.4) is 0 Å². The van der Waals surface area contributed by atoms with Gasteiger partial charge in [-0.3, -0.25) is 43.9 Å². The van der Waals surface area contributed by atoms with Gasteiger partial charge in [-0.25, -0.2) is 19.3 Å². The zero-order valence-corrected chi connectivity index (χ0v) is 37.5. The first kappa shape index (κ1) is 46.2. The first-order valence-electron chi connectivity index (χ1n) is 22.4. The minimum absolute atomic E-state index is 0.0441. The number of hydrogen-bond acceptors (Lipinski definition) is 15. The Morgan fingerprint density at radius 2 is 1.72 bits per heavy atom. The number of benzene rings is 2. The van der Waals surface area contributed by atoms with Gasteiger partial charge in [-0.05, 0) is 81.8 Å². The van der Waals surface area contributed by atoms with Crippen LogP contribution in [0.4, 0.5) is 23.0 Å². The van der Waals surface area contributed by atoms with Crippen molar-refractivity contribution in [3.05, 3.63) is 107 Å². The molecule has 5 aromatic rings. The maximum Gasteiger partial charge on any atom is 0.278 e. The fraction of sp³-hybridized carbons (Fsp3) is 0.383. The van der Waals surface area contributed by atoms with Crippen molar-refractivity contribution in [2.24, 2.45) is 0 Å². The van der Waals surface area contributed by atoms with Gasteiger partial charge in [0.1, 0.15) is 17.0 Å². The van der Waals surface area contributed by atoms with Crippen molar-refractivity contribution in [3.8, 4) is 5.82 Å². The van der Waals surface area contributed by atoms with Crippen LogP contribution in [0.2, 0.25) is 0 Å². The van der Waals surface area contributed by atoms with E-state index in [1.54, 1.807) is 61.0 Å². The molecule has 3 aliphatic heterocycles. The third kappa shape index (κ3) is 10.3. The number of imide groups is 2. The molecule has 0 saturated carbocycles. The van der Waals surface area contributed by atoms with E-state index in [1.807, 2.05) is 24.3 Å². The summed E-state index contributed by atoms with van der Waals surface area (Å²) < 4.78 is 8.79. The molecule has 350 valence electrons. The first-order chi connectivity index (χ1) is 32.3. The maximum absolute atomic E-state index is 13.4. The number of fused-ring (bicyclic) bond motifs is 2. The van der Waals surface area contributed by atoms with E-state index in [2.05, 4.69) is 47.6 Å². The van der Waals surface area contributed by atoms with Gasteiger partial charge in [0.2, 0.25) is 23.7 Å². The summed E-state index contributed by atoms with van der Waals surface area (Å²) in [5.41, 5.74) is 2.04. The van der Waals surface area contributed by atoms with Gasteiger partial charge in [-0.2, -0.15) is 4.98 Å². The highest BCUT2D eigenvalue weighted by atomic mass is 16.5. The molecule has 1 unspecified atom stereocenters. The smallest absolute Gasteiger partial charge is 0.278 e. The van der Waals surface area contributed by atoms with Crippen LogP contribution in [0.15, 0.2) is 84.3 Å². The van der Waals surface area contributed by atoms with Crippen molar-refractivity contribution < 1.29 is 33.8 Å². The SMILES string of the molecule is C=CCn1c(=O)c2cnc(Nc3ccc(N4CCN(CCCC(=O)NCCOCCNc5cccc6c5C(=O)N(C5CCC(=O)NC5=O)C6=O)CC4)cc3)nc2n1-c1cccc(C(C)(C)O)n1. The molecule has 2 fully saturated rings. The van der Waals surface area contributed by atoms with E-state index in [0.717, 1.165) is 55.4 Å². The largest absolute Gasteiger partial charge is 0.384 e. The van der Waals surface area contributed by atoms with E-state index in [-0.39, 0.29) is 48.6 Å². The summed E-state index contributed by atoms with van der Waals surface area (Å²) in [5, 5.41) is 22.4. The number of allylic oxidation sites excluding steroid dienone is 1. The summed E-state index contributed by atoms with van der Waals surface area (Å²) in [6.07, 6.45) is 4.39. The molecule has 1 atom stereocenters. The summed E-state index contributed by atoms with van der Waals surface area (Å²) in [4.78, 5) is 95.7. The molecule has 0 bridgehead atoms. The lowest BCUT2D eigenvalue weighted by atomic mass is 10.0. The van der Waals surface area contributed by atoms with E-state index in [0.29, 0.717) is 60.3 Å². The molecular formula is C47H54N12O8. The summed E-state index contributed by atoms with van der Waals surface area (Å²) >= 11 is 0. The number of piperazine rings is 1. The van der Waals surface area contributed by atoms with Crippen LogP contribution in [-0.2, 0) is 31.3 Å². The van der Waals surface area contributed by atoms with Crippen LogP contribution in [0.5, 0.6) is 0 Å². The number of piperidine rings is 1. The molecule has 3 aliphatic rings. The Bertz CT molecular complexity index is 2750. The standard InChI is InChI=1S/C47H54N12O8/c1-4-21-57-43(63)33-29-50-46(54-41(33)59(57)37-11-6-10-36(52-37)47(2,3)66)51-30-13-15-31(16-14-30)56-25-23-55(24-26-56)22-7-12-38(60)49-20-28-67-27-19-48-34-9-5-8-32-40(34)45(65)58(44(32)64)35-17-18-39(61)53-42(35)62/h4-6,8-11,13-16,29,35,48,66H,1,7,12,17-28H2,2-3H3,(H,49,60)(H,50,51,54)(H,53,61,62). The fourth-order valence-corrected chi connectivity index (χ4v) is 8.44. The Labute approximate surface area is 386 Å². The number of rotatable bonds is 19. The molecule has 0 spiro atoms. The average Bonchev–Trinajstić information content (AvgIpc) is 3.73. The predicted octanol–water partition coefficient (Wildman–Crippen LogP) is 2.68. The highest BCUT2D eigenvalue weighted by Gasteiger charge is 2.45. The number of aliphatic hydroxyl groups is 1. The van der Waals surface area contributed by atoms with Gasteiger partial charge in [0.25, 0.3) is 17.4 Å². The number of nitrogens with zero attached hydrogens (tertiary/aromatic N) is 8. The predicted molar refractivity (Wildman–Crippen MR) is 249 cm³/mol. The molecule has 2 saturated heterocycles. The molecule has 0 aliphatic carbocycles. The highest BCUT2D eigenvalue weighted by Crippen LogP contribution is 2.32. The number of aromatic nitrogens is 5. The molecule has 67 heavy (non-hydrogen) atoms. The number of amides is 5. The number of ether oxygens (including phenoxy) is 1. The first-order valence-corrected chi connectivity index (χ1v) is 22.4. The lowest BCUT2D eigenvalue weighted by molar-refractivity contribution is -0.136. The van der Waals surface area contributed by atoms with Crippen molar-refractivity contribution in [1.29, 1.82) is 0 Å².